The first-order valence-corrected chi connectivity index (χ1v) is 7.17. The number of halogens is 1. The largest absolute Gasteiger partial charge is 0.345 e. The van der Waals surface area contributed by atoms with E-state index in [-0.39, 0.29) is 11.8 Å². The topological polar surface area (TPSA) is 63.1 Å². The lowest BCUT2D eigenvalue weighted by Crippen LogP contribution is -2.16. The SMILES string of the molecule is CC(=O)Nc1ccc(C)c(NC(=O)c2cc(Br)cn2C)c1. The number of aromatic nitrogens is 1. The van der Waals surface area contributed by atoms with Gasteiger partial charge < -0.3 is 15.2 Å². The molecule has 1 heterocycles. The molecule has 110 valence electrons. The number of hydrogen-bond donors (Lipinski definition) is 2. The van der Waals surface area contributed by atoms with E-state index in [1.165, 1.54) is 6.92 Å². The number of anilines is 2. The van der Waals surface area contributed by atoms with Crippen molar-refractivity contribution in [1.82, 2.24) is 4.57 Å². The summed E-state index contributed by atoms with van der Waals surface area (Å²) in [6, 6.07) is 7.14. The lowest BCUT2D eigenvalue weighted by Gasteiger charge is -2.11. The highest BCUT2D eigenvalue weighted by molar-refractivity contribution is 9.10. The van der Waals surface area contributed by atoms with Gasteiger partial charge in [-0.25, -0.2) is 0 Å². The molecular formula is C15H16BrN3O2. The maximum Gasteiger partial charge on any atom is 0.272 e. The Kier molecular flexibility index (Phi) is 4.47. The predicted octanol–water partition coefficient (Wildman–Crippen LogP) is 3.31. The van der Waals surface area contributed by atoms with E-state index >= 15 is 0 Å². The number of carbonyl (C=O) groups excluding carboxylic acids is 2. The van der Waals surface area contributed by atoms with Crippen molar-refractivity contribution in [1.29, 1.82) is 0 Å². The molecule has 1 aromatic carbocycles. The molecule has 2 amide bonds. The minimum absolute atomic E-state index is 0.150. The summed E-state index contributed by atoms with van der Waals surface area (Å²) in [6.45, 7) is 3.34. The van der Waals surface area contributed by atoms with Crippen LogP contribution < -0.4 is 10.6 Å². The molecule has 0 fully saturated rings. The summed E-state index contributed by atoms with van der Waals surface area (Å²) >= 11 is 3.34. The molecule has 0 unspecified atom stereocenters. The molecule has 0 bridgehead atoms. The van der Waals surface area contributed by atoms with Gasteiger partial charge in [0, 0.05) is 36.0 Å². The molecule has 0 saturated heterocycles. The highest BCUT2D eigenvalue weighted by Crippen LogP contribution is 2.22. The number of amides is 2. The van der Waals surface area contributed by atoms with E-state index in [1.807, 2.05) is 19.2 Å². The molecule has 0 radical (unpaired) electrons. The monoisotopic (exact) mass is 349 g/mol. The van der Waals surface area contributed by atoms with Crippen molar-refractivity contribution < 1.29 is 9.59 Å². The summed E-state index contributed by atoms with van der Waals surface area (Å²) in [5.41, 5.74) is 2.79. The highest BCUT2D eigenvalue weighted by Gasteiger charge is 2.12. The van der Waals surface area contributed by atoms with Crippen LogP contribution in [0.2, 0.25) is 0 Å². The van der Waals surface area contributed by atoms with Gasteiger partial charge in [0.25, 0.3) is 5.91 Å². The molecule has 0 aliphatic rings. The smallest absolute Gasteiger partial charge is 0.272 e. The van der Waals surface area contributed by atoms with Crippen LogP contribution in [0.25, 0.3) is 0 Å². The van der Waals surface area contributed by atoms with Crippen molar-refractivity contribution in [3.05, 3.63) is 46.2 Å². The van der Waals surface area contributed by atoms with E-state index in [9.17, 15) is 9.59 Å². The number of nitrogens with one attached hydrogen (secondary N) is 2. The van der Waals surface area contributed by atoms with E-state index in [1.54, 1.807) is 29.8 Å². The highest BCUT2D eigenvalue weighted by atomic mass is 79.9. The maximum absolute atomic E-state index is 12.3. The molecule has 0 aliphatic heterocycles. The number of carbonyl (C=O) groups is 2. The summed E-state index contributed by atoms with van der Waals surface area (Å²) < 4.78 is 2.59. The van der Waals surface area contributed by atoms with Crippen LogP contribution in [-0.4, -0.2) is 16.4 Å². The van der Waals surface area contributed by atoms with Crippen LogP contribution in [0, 0.1) is 6.92 Å². The van der Waals surface area contributed by atoms with Crippen molar-refractivity contribution in [3.8, 4) is 0 Å². The standard InChI is InChI=1S/C15H16BrN3O2/c1-9-4-5-12(17-10(2)20)7-13(9)18-15(21)14-6-11(16)8-19(14)3/h4-8H,1-3H3,(H,17,20)(H,18,21). The Morgan fingerprint density at radius 2 is 1.90 bits per heavy atom. The van der Waals surface area contributed by atoms with Crippen LogP contribution in [0.5, 0.6) is 0 Å². The zero-order valence-electron chi connectivity index (χ0n) is 12.0. The summed E-state index contributed by atoms with van der Waals surface area (Å²) in [5, 5.41) is 5.56. The number of rotatable bonds is 3. The number of nitrogens with zero attached hydrogens (tertiary/aromatic N) is 1. The molecule has 2 aromatic rings. The predicted molar refractivity (Wildman–Crippen MR) is 86.5 cm³/mol. The molecular weight excluding hydrogens is 334 g/mol. The zero-order chi connectivity index (χ0) is 15.6. The fourth-order valence-corrected chi connectivity index (χ4v) is 2.50. The average Bonchev–Trinajstić information content (AvgIpc) is 2.72. The lowest BCUT2D eigenvalue weighted by atomic mass is 10.1. The minimum Gasteiger partial charge on any atom is -0.345 e. The summed E-state index contributed by atoms with van der Waals surface area (Å²) in [7, 11) is 1.81. The molecule has 0 aliphatic carbocycles. The van der Waals surface area contributed by atoms with Gasteiger partial charge in [0.05, 0.1) is 0 Å². The zero-order valence-corrected chi connectivity index (χ0v) is 13.6. The van der Waals surface area contributed by atoms with Crippen molar-refractivity contribution in [3.63, 3.8) is 0 Å². The fourth-order valence-electron chi connectivity index (χ4n) is 1.97. The molecule has 2 rings (SSSR count). The van der Waals surface area contributed by atoms with Gasteiger partial charge in [-0.2, -0.15) is 0 Å². The third-order valence-corrected chi connectivity index (χ3v) is 3.44. The van der Waals surface area contributed by atoms with Crippen LogP contribution in [0.15, 0.2) is 34.9 Å². The molecule has 21 heavy (non-hydrogen) atoms. The Morgan fingerprint density at radius 1 is 1.19 bits per heavy atom. The molecule has 5 nitrogen and oxygen atoms in total. The Balaban J connectivity index is 2.24. The van der Waals surface area contributed by atoms with Crippen molar-refractivity contribution in [2.75, 3.05) is 10.6 Å². The first-order valence-electron chi connectivity index (χ1n) is 6.38. The van der Waals surface area contributed by atoms with Gasteiger partial charge >= 0.3 is 0 Å². The third-order valence-electron chi connectivity index (χ3n) is 3.01. The summed E-state index contributed by atoms with van der Waals surface area (Å²) in [6.07, 6.45) is 1.81. The average molecular weight is 350 g/mol. The second-order valence-corrected chi connectivity index (χ2v) is 5.74. The Morgan fingerprint density at radius 3 is 2.48 bits per heavy atom. The van der Waals surface area contributed by atoms with Gasteiger partial charge in [-0.3, -0.25) is 9.59 Å². The second kappa shape index (κ2) is 6.13. The Labute approximate surface area is 131 Å². The van der Waals surface area contributed by atoms with E-state index in [0.717, 1.165) is 10.0 Å². The molecule has 1 aromatic heterocycles. The van der Waals surface area contributed by atoms with E-state index in [2.05, 4.69) is 26.6 Å². The van der Waals surface area contributed by atoms with E-state index in [4.69, 9.17) is 0 Å². The number of benzene rings is 1. The van der Waals surface area contributed by atoms with Crippen LogP contribution >= 0.6 is 15.9 Å². The first-order chi connectivity index (χ1) is 9.86. The van der Waals surface area contributed by atoms with Crippen LogP contribution in [0.4, 0.5) is 11.4 Å². The Bertz CT molecular complexity index is 707. The van der Waals surface area contributed by atoms with Crippen molar-refractivity contribution >= 4 is 39.1 Å². The van der Waals surface area contributed by atoms with Crippen LogP contribution in [-0.2, 0) is 11.8 Å². The van der Waals surface area contributed by atoms with Gasteiger partial charge in [-0.1, -0.05) is 6.07 Å². The molecule has 6 heteroatoms. The van der Waals surface area contributed by atoms with Gasteiger partial charge in [0.15, 0.2) is 0 Å². The Hall–Kier alpha value is -2.08. The van der Waals surface area contributed by atoms with E-state index < -0.39 is 0 Å². The quantitative estimate of drug-likeness (QED) is 0.892. The molecule has 2 N–H and O–H groups in total. The van der Waals surface area contributed by atoms with Crippen molar-refractivity contribution in [2.45, 2.75) is 13.8 Å². The molecule has 0 atom stereocenters. The van der Waals surface area contributed by atoms with Crippen LogP contribution in [0.1, 0.15) is 23.0 Å². The lowest BCUT2D eigenvalue weighted by molar-refractivity contribution is -0.114. The van der Waals surface area contributed by atoms with E-state index in [0.29, 0.717) is 17.1 Å². The van der Waals surface area contributed by atoms with Gasteiger partial charge in [0.1, 0.15) is 5.69 Å². The normalized spacial score (nSPS) is 10.3. The van der Waals surface area contributed by atoms with Gasteiger partial charge in [-0.05, 0) is 46.6 Å². The summed E-state index contributed by atoms with van der Waals surface area (Å²) in [5.74, 6) is -0.353. The molecule has 0 spiro atoms. The second-order valence-electron chi connectivity index (χ2n) is 4.82. The van der Waals surface area contributed by atoms with Crippen molar-refractivity contribution in [2.24, 2.45) is 7.05 Å². The third kappa shape index (κ3) is 3.72. The van der Waals surface area contributed by atoms with Gasteiger partial charge in [-0.15, -0.1) is 0 Å². The first kappa shape index (κ1) is 15.3. The summed E-state index contributed by atoms with van der Waals surface area (Å²) in [4.78, 5) is 23.4. The maximum atomic E-state index is 12.3. The van der Waals surface area contributed by atoms with Crippen LogP contribution in [0.3, 0.4) is 0 Å². The molecule has 0 saturated carbocycles. The fraction of sp³-hybridized carbons (Fsp3) is 0.200. The van der Waals surface area contributed by atoms with Gasteiger partial charge in [0.2, 0.25) is 5.91 Å². The number of aryl methyl sites for hydroxylation is 2. The number of hydrogen-bond acceptors (Lipinski definition) is 2. The minimum atomic E-state index is -0.203.